The summed E-state index contributed by atoms with van der Waals surface area (Å²) in [5, 5.41) is 9.11. The molecule has 190 valence electrons. The summed E-state index contributed by atoms with van der Waals surface area (Å²) >= 11 is 0. The van der Waals surface area contributed by atoms with Gasteiger partial charge in [-0.3, -0.25) is 9.52 Å². The number of aliphatic carboxylic acids is 1. The van der Waals surface area contributed by atoms with E-state index in [4.69, 9.17) is 5.11 Å². The van der Waals surface area contributed by atoms with Crippen molar-refractivity contribution in [2.75, 3.05) is 32.4 Å². The Bertz CT molecular complexity index is 774. The molecule has 1 aromatic rings. The molecule has 8 heteroatoms. The number of quaternary nitrogens is 1. The van der Waals surface area contributed by atoms with E-state index in [1.54, 1.807) is 12.1 Å². The number of hydrogen-bond donors (Lipinski definition) is 3. The Morgan fingerprint density at radius 2 is 1.42 bits per heavy atom. The van der Waals surface area contributed by atoms with Gasteiger partial charge >= 0.3 is 5.97 Å². The predicted molar refractivity (Wildman–Crippen MR) is 137 cm³/mol. The average Bonchev–Trinajstić information content (AvgIpc) is 2.68. The molecule has 7 nitrogen and oxygen atoms in total. The van der Waals surface area contributed by atoms with Gasteiger partial charge in [0, 0.05) is 5.69 Å². The lowest BCUT2D eigenvalue weighted by atomic mass is 10.0. The second-order valence-corrected chi connectivity index (χ2v) is 11.6. The Kier molecular flexibility index (Phi) is 13.6. The van der Waals surface area contributed by atoms with Crippen molar-refractivity contribution in [1.29, 1.82) is 0 Å². The lowest BCUT2D eigenvalue weighted by Gasteiger charge is -2.29. The first-order valence-electron chi connectivity index (χ1n) is 12.4. The molecule has 3 N–H and O–H groups in total. The minimum Gasteiger partial charge on any atom is -0.481 e. The van der Waals surface area contributed by atoms with E-state index >= 15 is 0 Å². The van der Waals surface area contributed by atoms with Gasteiger partial charge in [0.1, 0.15) is 0 Å². The molecule has 0 fully saturated rings. The van der Waals surface area contributed by atoms with E-state index in [0.717, 1.165) is 12.8 Å². The molecule has 0 heterocycles. The summed E-state index contributed by atoms with van der Waals surface area (Å²) in [4.78, 5) is 11.1. The molecular weight excluding hydrogens is 438 g/mol. The van der Waals surface area contributed by atoms with Gasteiger partial charge in [-0.25, -0.2) is 0 Å². The third-order valence-electron chi connectivity index (χ3n) is 5.54. The number of aryl methyl sites for hydroxylation is 1. The maximum Gasteiger partial charge on any atom is 0.305 e. The predicted octanol–water partition coefficient (Wildman–Crippen LogP) is 4.95. The largest absolute Gasteiger partial charge is 0.481 e. The molecule has 0 aliphatic rings. The Morgan fingerprint density at radius 1 is 0.909 bits per heavy atom. The molecule has 0 saturated heterocycles. The quantitative estimate of drug-likeness (QED) is 0.191. The van der Waals surface area contributed by atoms with Crippen molar-refractivity contribution in [2.45, 2.75) is 90.0 Å². The minimum atomic E-state index is -3.88. The molecule has 0 spiro atoms. The second kappa shape index (κ2) is 15.3. The van der Waals surface area contributed by atoms with Gasteiger partial charge in [-0.2, -0.15) is 13.1 Å². The van der Waals surface area contributed by atoms with Gasteiger partial charge in [-0.05, 0) is 30.5 Å². The number of nitrogens with one attached hydrogen (secondary N) is 2. The first-order valence-corrected chi connectivity index (χ1v) is 13.9. The van der Waals surface area contributed by atoms with Crippen LogP contribution in [0.15, 0.2) is 24.3 Å². The number of nitrogens with zero attached hydrogens (tertiary/aromatic N) is 1. The van der Waals surface area contributed by atoms with Crippen LogP contribution in [-0.2, 0) is 21.4 Å². The van der Waals surface area contributed by atoms with Crippen LogP contribution in [0.5, 0.6) is 0 Å². The summed E-state index contributed by atoms with van der Waals surface area (Å²) in [5.74, 6) is -1.03. The maximum atomic E-state index is 12.5. The molecule has 1 atom stereocenters. The van der Waals surface area contributed by atoms with E-state index in [2.05, 4.69) is 16.4 Å². The van der Waals surface area contributed by atoms with Gasteiger partial charge in [0.15, 0.2) is 0 Å². The molecule has 0 bridgehead atoms. The SMILES string of the molecule is CCCCCCCCCCCCc1ccc(NS(=O)(=O)NC(CC(=O)O)C[N+](C)(C)C)cc1. The molecule has 1 aromatic carbocycles. The van der Waals surface area contributed by atoms with Crippen molar-refractivity contribution in [3.8, 4) is 0 Å². The molecule has 0 amide bonds. The van der Waals surface area contributed by atoms with Crippen LogP contribution in [0.4, 0.5) is 5.69 Å². The Morgan fingerprint density at radius 3 is 1.91 bits per heavy atom. The Balaban J connectivity index is 2.39. The van der Waals surface area contributed by atoms with Crippen LogP contribution in [0.2, 0.25) is 0 Å². The normalized spacial score (nSPS) is 13.1. The van der Waals surface area contributed by atoms with Crippen molar-refractivity contribution in [3.63, 3.8) is 0 Å². The van der Waals surface area contributed by atoms with Crippen LogP contribution >= 0.6 is 0 Å². The number of benzene rings is 1. The van der Waals surface area contributed by atoms with E-state index < -0.39 is 22.2 Å². The van der Waals surface area contributed by atoms with Gasteiger partial charge in [0.05, 0.1) is 40.2 Å². The molecule has 0 aromatic heterocycles. The van der Waals surface area contributed by atoms with Crippen molar-refractivity contribution < 1.29 is 22.8 Å². The van der Waals surface area contributed by atoms with E-state index in [-0.39, 0.29) is 6.42 Å². The number of anilines is 1. The van der Waals surface area contributed by atoms with Crippen molar-refractivity contribution in [2.24, 2.45) is 0 Å². The summed E-state index contributed by atoms with van der Waals surface area (Å²) in [7, 11) is 1.80. The van der Waals surface area contributed by atoms with E-state index in [1.165, 1.54) is 63.4 Å². The van der Waals surface area contributed by atoms with Crippen LogP contribution < -0.4 is 9.44 Å². The summed E-state index contributed by atoms with van der Waals surface area (Å²) in [6.07, 6.45) is 13.8. The van der Waals surface area contributed by atoms with Gasteiger partial charge < -0.3 is 9.59 Å². The zero-order valence-corrected chi connectivity index (χ0v) is 21.9. The first-order chi connectivity index (χ1) is 15.5. The van der Waals surface area contributed by atoms with Crippen molar-refractivity contribution in [1.82, 2.24) is 4.72 Å². The molecule has 1 unspecified atom stereocenters. The number of carboxylic acid groups (broad SMARTS) is 1. The summed E-state index contributed by atoms with van der Waals surface area (Å²) < 4.78 is 30.5. The van der Waals surface area contributed by atoms with Crippen molar-refractivity contribution in [3.05, 3.63) is 29.8 Å². The molecule has 33 heavy (non-hydrogen) atoms. The lowest BCUT2D eigenvalue weighted by Crippen LogP contribution is -2.50. The number of rotatable bonds is 19. The van der Waals surface area contributed by atoms with E-state index in [9.17, 15) is 13.2 Å². The van der Waals surface area contributed by atoms with Crippen molar-refractivity contribution >= 4 is 21.9 Å². The number of carbonyl (C=O) groups is 1. The summed E-state index contributed by atoms with van der Waals surface area (Å²) in [6.45, 7) is 2.61. The molecule has 0 aliphatic carbocycles. The molecule has 0 saturated carbocycles. The standard InChI is InChI=1S/C25H45N3O4S/c1-5-6-7-8-9-10-11-12-13-14-15-22-16-18-23(19-17-22)26-33(31,32)27-24(20-25(29)30)21-28(2,3)4/h16-19,24,26-27H,5-15,20-21H2,1-4H3/p+1. The minimum absolute atomic E-state index is 0.270. The van der Waals surface area contributed by atoms with Crippen LogP contribution in [0.1, 0.15) is 83.1 Å². The number of carboxylic acids is 1. The van der Waals surface area contributed by atoms with E-state index in [0.29, 0.717) is 16.7 Å². The van der Waals surface area contributed by atoms with Crippen LogP contribution in [-0.4, -0.2) is 57.7 Å². The van der Waals surface area contributed by atoms with Crippen LogP contribution in [0.3, 0.4) is 0 Å². The third kappa shape index (κ3) is 15.8. The highest BCUT2D eigenvalue weighted by atomic mass is 32.2. The average molecular weight is 485 g/mol. The molecule has 0 radical (unpaired) electrons. The molecule has 0 aliphatic heterocycles. The van der Waals surface area contributed by atoms with Gasteiger partial charge in [0.2, 0.25) is 0 Å². The second-order valence-electron chi connectivity index (χ2n) is 10.1. The zero-order chi connectivity index (χ0) is 24.7. The number of hydrogen-bond acceptors (Lipinski definition) is 3. The van der Waals surface area contributed by atoms with Gasteiger partial charge in [-0.15, -0.1) is 0 Å². The smallest absolute Gasteiger partial charge is 0.305 e. The molecular formula is C25H46N3O4S+. The van der Waals surface area contributed by atoms with Crippen LogP contribution in [0, 0.1) is 0 Å². The summed E-state index contributed by atoms with van der Waals surface area (Å²) in [5.41, 5.74) is 1.66. The lowest BCUT2D eigenvalue weighted by molar-refractivity contribution is -0.871. The fraction of sp³-hybridized carbons (Fsp3) is 0.720. The van der Waals surface area contributed by atoms with Crippen LogP contribution in [0.25, 0.3) is 0 Å². The van der Waals surface area contributed by atoms with E-state index in [1.807, 2.05) is 33.3 Å². The Hall–Kier alpha value is -1.64. The first kappa shape index (κ1) is 29.4. The van der Waals surface area contributed by atoms with Gasteiger partial charge in [0.25, 0.3) is 10.2 Å². The number of unbranched alkanes of at least 4 members (excludes halogenated alkanes) is 9. The fourth-order valence-electron chi connectivity index (χ4n) is 3.98. The maximum absolute atomic E-state index is 12.5. The Labute approximate surface area is 201 Å². The van der Waals surface area contributed by atoms with Gasteiger partial charge in [-0.1, -0.05) is 76.8 Å². The highest BCUT2D eigenvalue weighted by Crippen LogP contribution is 2.15. The number of likely N-dealkylation sites (N-methyl/N-ethyl adjacent to an activating group) is 1. The fourth-order valence-corrected chi connectivity index (χ4v) is 5.08. The highest BCUT2D eigenvalue weighted by Gasteiger charge is 2.25. The third-order valence-corrected chi connectivity index (χ3v) is 6.68. The molecule has 1 rings (SSSR count). The topological polar surface area (TPSA) is 95.5 Å². The highest BCUT2D eigenvalue weighted by molar-refractivity contribution is 7.90. The zero-order valence-electron chi connectivity index (χ0n) is 21.1. The summed E-state index contributed by atoms with van der Waals surface area (Å²) in [6, 6.07) is 6.72. The monoisotopic (exact) mass is 484 g/mol.